The molecule has 2 atom stereocenters. The van der Waals surface area contributed by atoms with Gasteiger partial charge < -0.3 is 9.47 Å². The SMILES string of the molecule is CCOC(=O)C[C@]1(C)N=C(c2ccccc2)[C@@H](C(C)C)N(C(=O)OC(C)(C)C)C1=O. The van der Waals surface area contributed by atoms with Crippen molar-refractivity contribution in [3.8, 4) is 0 Å². The molecule has 0 N–H and O–H groups in total. The van der Waals surface area contributed by atoms with Gasteiger partial charge in [-0.15, -0.1) is 0 Å². The lowest BCUT2D eigenvalue weighted by atomic mass is 9.85. The molecule has 1 aliphatic heterocycles. The molecule has 7 nitrogen and oxygen atoms in total. The Morgan fingerprint density at radius 3 is 2.30 bits per heavy atom. The van der Waals surface area contributed by atoms with Gasteiger partial charge >= 0.3 is 12.1 Å². The van der Waals surface area contributed by atoms with Crippen molar-refractivity contribution in [2.24, 2.45) is 10.9 Å². The van der Waals surface area contributed by atoms with Gasteiger partial charge in [-0.1, -0.05) is 44.2 Å². The quantitative estimate of drug-likeness (QED) is 0.678. The maximum absolute atomic E-state index is 13.5. The van der Waals surface area contributed by atoms with Crippen LogP contribution in [0, 0.1) is 5.92 Å². The fourth-order valence-electron chi connectivity index (χ4n) is 3.46. The highest BCUT2D eigenvalue weighted by molar-refractivity contribution is 6.14. The van der Waals surface area contributed by atoms with Crippen LogP contribution in [0.15, 0.2) is 35.3 Å². The number of carbonyl (C=O) groups is 3. The number of imide groups is 1. The van der Waals surface area contributed by atoms with E-state index in [-0.39, 0.29) is 18.9 Å². The van der Waals surface area contributed by atoms with E-state index in [1.54, 1.807) is 34.6 Å². The lowest BCUT2D eigenvalue weighted by Gasteiger charge is -2.43. The molecule has 0 saturated heterocycles. The van der Waals surface area contributed by atoms with E-state index in [2.05, 4.69) is 0 Å². The topological polar surface area (TPSA) is 85.3 Å². The van der Waals surface area contributed by atoms with Crippen LogP contribution in [0.2, 0.25) is 0 Å². The third-order valence-corrected chi connectivity index (χ3v) is 4.69. The van der Waals surface area contributed by atoms with Crippen LogP contribution in [0.4, 0.5) is 4.79 Å². The summed E-state index contributed by atoms with van der Waals surface area (Å²) < 4.78 is 10.6. The lowest BCUT2D eigenvalue weighted by Crippen LogP contribution is -2.62. The summed E-state index contributed by atoms with van der Waals surface area (Å²) in [6.45, 7) is 12.5. The third-order valence-electron chi connectivity index (χ3n) is 4.69. The molecule has 1 aromatic rings. The van der Waals surface area contributed by atoms with Crippen molar-refractivity contribution in [3.05, 3.63) is 35.9 Å². The second kappa shape index (κ2) is 8.98. The Morgan fingerprint density at radius 2 is 1.80 bits per heavy atom. The van der Waals surface area contributed by atoms with Gasteiger partial charge in [0.2, 0.25) is 0 Å². The highest BCUT2D eigenvalue weighted by atomic mass is 16.6. The van der Waals surface area contributed by atoms with E-state index >= 15 is 0 Å². The van der Waals surface area contributed by atoms with E-state index in [0.717, 1.165) is 10.5 Å². The van der Waals surface area contributed by atoms with Gasteiger partial charge in [0.05, 0.1) is 24.8 Å². The maximum Gasteiger partial charge on any atom is 0.417 e. The van der Waals surface area contributed by atoms with E-state index in [0.29, 0.717) is 5.71 Å². The third kappa shape index (κ3) is 5.26. The van der Waals surface area contributed by atoms with Crippen molar-refractivity contribution >= 4 is 23.7 Å². The first kappa shape index (κ1) is 23.6. The number of benzene rings is 1. The highest BCUT2D eigenvalue weighted by Gasteiger charge is 2.51. The molecule has 0 spiro atoms. The molecule has 7 heteroatoms. The van der Waals surface area contributed by atoms with E-state index in [4.69, 9.17) is 14.5 Å². The zero-order valence-corrected chi connectivity index (χ0v) is 18.9. The minimum Gasteiger partial charge on any atom is -0.466 e. The lowest BCUT2D eigenvalue weighted by molar-refractivity contribution is -0.150. The molecule has 0 aliphatic carbocycles. The molecule has 0 unspecified atom stereocenters. The molecule has 1 aliphatic rings. The number of nitrogens with zero attached hydrogens (tertiary/aromatic N) is 2. The van der Waals surface area contributed by atoms with Crippen molar-refractivity contribution in [1.29, 1.82) is 0 Å². The van der Waals surface area contributed by atoms with Gasteiger partial charge in [0, 0.05) is 0 Å². The summed E-state index contributed by atoms with van der Waals surface area (Å²) in [7, 11) is 0. The molecule has 30 heavy (non-hydrogen) atoms. The summed E-state index contributed by atoms with van der Waals surface area (Å²) in [5, 5.41) is 0. The number of ether oxygens (including phenoxy) is 2. The Morgan fingerprint density at radius 1 is 1.20 bits per heavy atom. The fourth-order valence-corrected chi connectivity index (χ4v) is 3.46. The van der Waals surface area contributed by atoms with E-state index in [9.17, 15) is 14.4 Å². The smallest absolute Gasteiger partial charge is 0.417 e. The van der Waals surface area contributed by atoms with Crippen molar-refractivity contribution < 1.29 is 23.9 Å². The van der Waals surface area contributed by atoms with Gasteiger partial charge in [0.1, 0.15) is 11.1 Å². The Hall–Kier alpha value is -2.70. The van der Waals surface area contributed by atoms with Crippen molar-refractivity contribution in [2.45, 2.75) is 72.1 Å². The van der Waals surface area contributed by atoms with E-state index < -0.39 is 35.2 Å². The van der Waals surface area contributed by atoms with Crippen molar-refractivity contribution in [3.63, 3.8) is 0 Å². The maximum atomic E-state index is 13.5. The summed E-state index contributed by atoms with van der Waals surface area (Å²) in [4.78, 5) is 44.8. The summed E-state index contributed by atoms with van der Waals surface area (Å²) in [5.74, 6) is -1.23. The monoisotopic (exact) mass is 416 g/mol. The van der Waals surface area contributed by atoms with Crippen molar-refractivity contribution in [2.75, 3.05) is 6.61 Å². The van der Waals surface area contributed by atoms with Crippen LogP contribution in [0.1, 0.15) is 60.5 Å². The van der Waals surface area contributed by atoms with Gasteiger partial charge in [0.25, 0.3) is 5.91 Å². The summed E-state index contributed by atoms with van der Waals surface area (Å²) in [6.07, 6.45) is -1.01. The Bertz CT molecular complexity index is 826. The molecule has 0 aromatic heterocycles. The minimum absolute atomic E-state index is 0.118. The molecule has 0 saturated carbocycles. The van der Waals surface area contributed by atoms with Crippen LogP contribution in [-0.2, 0) is 19.1 Å². The van der Waals surface area contributed by atoms with Gasteiger partial charge in [-0.05, 0) is 46.1 Å². The molecule has 0 fully saturated rings. The number of hydrogen-bond acceptors (Lipinski definition) is 6. The van der Waals surface area contributed by atoms with Crippen LogP contribution < -0.4 is 0 Å². The molecular weight excluding hydrogens is 384 g/mol. The van der Waals surface area contributed by atoms with Crippen LogP contribution in [-0.4, -0.2) is 52.4 Å². The number of aliphatic imine (C=N–C) groups is 1. The van der Waals surface area contributed by atoms with Crippen molar-refractivity contribution in [1.82, 2.24) is 4.90 Å². The summed E-state index contributed by atoms with van der Waals surface area (Å²) in [6, 6.07) is 8.75. The first-order valence-electron chi connectivity index (χ1n) is 10.3. The number of amides is 2. The second-order valence-corrected chi connectivity index (χ2v) is 8.96. The molecule has 1 heterocycles. The van der Waals surface area contributed by atoms with Crippen LogP contribution in [0.3, 0.4) is 0 Å². The van der Waals surface area contributed by atoms with Crippen LogP contribution in [0.5, 0.6) is 0 Å². The molecule has 2 rings (SSSR count). The summed E-state index contributed by atoms with van der Waals surface area (Å²) in [5.41, 5.74) is -0.896. The summed E-state index contributed by atoms with van der Waals surface area (Å²) >= 11 is 0. The van der Waals surface area contributed by atoms with Gasteiger partial charge in [-0.25, -0.2) is 9.69 Å². The normalized spacial score (nSPS) is 22.0. The highest BCUT2D eigenvalue weighted by Crippen LogP contribution is 2.33. The average molecular weight is 417 g/mol. The minimum atomic E-state index is -1.47. The van der Waals surface area contributed by atoms with Gasteiger partial charge in [-0.2, -0.15) is 0 Å². The standard InChI is InChI=1S/C23H32N2O5/c1-8-29-17(26)14-23(7)20(27)25(21(28)30-22(4,5)6)19(15(2)3)18(24-23)16-12-10-9-11-13-16/h9-13,15,19H,8,14H2,1-7H3/t19-,23+/m1/s1. The number of carbonyl (C=O) groups excluding carboxylic acids is 3. The molecular formula is C23H32N2O5. The molecule has 164 valence electrons. The zero-order chi connectivity index (χ0) is 22.7. The molecule has 0 bridgehead atoms. The largest absolute Gasteiger partial charge is 0.466 e. The first-order chi connectivity index (χ1) is 13.9. The Kier molecular flexibility index (Phi) is 7.06. The second-order valence-electron chi connectivity index (χ2n) is 8.96. The zero-order valence-electron chi connectivity index (χ0n) is 18.9. The number of esters is 1. The number of rotatable bonds is 5. The first-order valence-corrected chi connectivity index (χ1v) is 10.3. The fraction of sp³-hybridized carbons (Fsp3) is 0.565. The predicted molar refractivity (Wildman–Crippen MR) is 114 cm³/mol. The van der Waals surface area contributed by atoms with Gasteiger partial charge in [0.15, 0.2) is 0 Å². The number of hydrogen-bond donors (Lipinski definition) is 0. The van der Waals surface area contributed by atoms with E-state index in [1.807, 2.05) is 44.2 Å². The van der Waals surface area contributed by atoms with Crippen LogP contribution in [0.25, 0.3) is 0 Å². The molecule has 2 amide bonds. The van der Waals surface area contributed by atoms with Crippen LogP contribution >= 0.6 is 0 Å². The Balaban J connectivity index is 2.64. The molecule has 0 radical (unpaired) electrons. The average Bonchev–Trinajstić information content (AvgIpc) is 2.62. The Labute approximate surface area is 178 Å². The van der Waals surface area contributed by atoms with E-state index in [1.165, 1.54) is 0 Å². The predicted octanol–water partition coefficient (Wildman–Crippen LogP) is 3.99. The van der Waals surface area contributed by atoms with Gasteiger partial charge in [-0.3, -0.25) is 14.6 Å². The molecule has 1 aromatic carbocycles.